The lowest BCUT2D eigenvalue weighted by atomic mass is 10.0. The fraction of sp³-hybridized carbons (Fsp3) is 0.0870. The van der Waals surface area contributed by atoms with Gasteiger partial charge < -0.3 is 14.8 Å². The molecular formula is C23H18N3O4. The SMILES string of the molecule is [NH]C(=O)CC(O)c1cn(-c2ccc(O)cc2)c2cc(-c3ccncc3)ccc2c1=O. The van der Waals surface area contributed by atoms with Crippen molar-refractivity contribution < 1.29 is 15.0 Å². The highest BCUT2D eigenvalue weighted by Gasteiger charge is 2.19. The van der Waals surface area contributed by atoms with Gasteiger partial charge in [0.05, 0.1) is 18.0 Å². The molecule has 7 heteroatoms. The maximum Gasteiger partial charge on any atom is 0.241 e. The maximum absolute atomic E-state index is 13.0. The molecule has 0 aliphatic rings. The molecule has 1 amide bonds. The lowest BCUT2D eigenvalue weighted by molar-refractivity contribution is -0.120. The second-order valence-corrected chi connectivity index (χ2v) is 6.91. The smallest absolute Gasteiger partial charge is 0.241 e. The van der Waals surface area contributed by atoms with E-state index in [-0.39, 0.29) is 11.3 Å². The van der Waals surface area contributed by atoms with Crippen LogP contribution in [0.5, 0.6) is 5.75 Å². The van der Waals surface area contributed by atoms with Crippen LogP contribution in [0.2, 0.25) is 0 Å². The van der Waals surface area contributed by atoms with Gasteiger partial charge in [0.15, 0.2) is 5.43 Å². The van der Waals surface area contributed by atoms with E-state index in [0.717, 1.165) is 11.1 Å². The van der Waals surface area contributed by atoms with Crippen molar-refractivity contribution in [1.29, 1.82) is 0 Å². The number of hydrogen-bond acceptors (Lipinski definition) is 5. The molecule has 0 aliphatic heterocycles. The number of fused-ring (bicyclic) bond motifs is 1. The number of pyridine rings is 2. The third-order valence-electron chi connectivity index (χ3n) is 4.91. The fourth-order valence-electron chi connectivity index (χ4n) is 3.42. The van der Waals surface area contributed by atoms with Crippen molar-refractivity contribution in [3.05, 3.63) is 89.0 Å². The van der Waals surface area contributed by atoms with Gasteiger partial charge in [0.1, 0.15) is 5.75 Å². The average Bonchev–Trinajstić information content (AvgIpc) is 2.74. The van der Waals surface area contributed by atoms with Crippen LogP contribution < -0.4 is 11.2 Å². The summed E-state index contributed by atoms with van der Waals surface area (Å²) < 4.78 is 1.73. The molecule has 0 bridgehead atoms. The molecule has 4 rings (SSSR count). The molecule has 3 N–H and O–H groups in total. The lowest BCUT2D eigenvalue weighted by Crippen LogP contribution is -2.19. The van der Waals surface area contributed by atoms with Gasteiger partial charge in [-0.15, -0.1) is 0 Å². The predicted octanol–water partition coefficient (Wildman–Crippen LogP) is 2.99. The molecule has 0 aliphatic carbocycles. The standard InChI is InChI=1S/C23H18N3O4/c24-22(29)12-21(28)19-13-26(16-2-4-17(27)5-3-16)20-11-15(1-6-18(20)23(19)30)14-7-9-25-10-8-14/h1-11,13,21,24,27-28H,12H2. The van der Waals surface area contributed by atoms with E-state index in [4.69, 9.17) is 5.73 Å². The molecule has 2 aromatic carbocycles. The van der Waals surface area contributed by atoms with E-state index in [0.29, 0.717) is 16.6 Å². The van der Waals surface area contributed by atoms with Crippen molar-refractivity contribution in [2.75, 3.05) is 0 Å². The molecule has 0 fully saturated rings. The monoisotopic (exact) mass is 400 g/mol. The molecule has 7 nitrogen and oxygen atoms in total. The molecule has 0 saturated carbocycles. The number of nitrogens with zero attached hydrogens (tertiary/aromatic N) is 2. The Hall–Kier alpha value is -3.97. The Morgan fingerprint density at radius 2 is 1.73 bits per heavy atom. The summed E-state index contributed by atoms with van der Waals surface area (Å²) in [6.07, 6.45) is 3.01. The summed E-state index contributed by atoms with van der Waals surface area (Å²) in [6.45, 7) is 0. The Kier molecular flexibility index (Phi) is 5.04. The number of phenols is 1. The molecule has 2 heterocycles. The summed E-state index contributed by atoms with van der Waals surface area (Å²) in [5, 5.41) is 20.4. The van der Waals surface area contributed by atoms with Gasteiger partial charge in [-0.05, 0) is 59.7 Å². The molecule has 1 radical (unpaired) electrons. The van der Waals surface area contributed by atoms with Crippen molar-refractivity contribution in [1.82, 2.24) is 15.3 Å². The summed E-state index contributed by atoms with van der Waals surface area (Å²) in [5.41, 5.74) is 9.84. The van der Waals surface area contributed by atoms with Crippen LogP contribution in [0.1, 0.15) is 18.1 Å². The van der Waals surface area contributed by atoms with Crippen molar-refractivity contribution in [3.8, 4) is 22.6 Å². The summed E-state index contributed by atoms with van der Waals surface area (Å²) in [7, 11) is 0. The van der Waals surface area contributed by atoms with Crippen LogP contribution in [-0.2, 0) is 4.79 Å². The zero-order valence-corrected chi connectivity index (χ0v) is 15.8. The van der Waals surface area contributed by atoms with Gasteiger partial charge >= 0.3 is 0 Å². The highest BCUT2D eigenvalue weighted by Crippen LogP contribution is 2.27. The van der Waals surface area contributed by atoms with Gasteiger partial charge in [-0.2, -0.15) is 0 Å². The number of carbonyl (C=O) groups excluding carboxylic acids is 1. The fourth-order valence-corrected chi connectivity index (χ4v) is 3.42. The van der Waals surface area contributed by atoms with Gasteiger partial charge in [0.25, 0.3) is 0 Å². The number of phenolic OH excluding ortho intramolecular Hbond substituents is 1. The molecule has 30 heavy (non-hydrogen) atoms. The van der Waals surface area contributed by atoms with Crippen molar-refractivity contribution in [3.63, 3.8) is 0 Å². The van der Waals surface area contributed by atoms with Crippen LogP contribution in [0.15, 0.2) is 78.0 Å². The normalized spacial score (nSPS) is 12.0. The van der Waals surface area contributed by atoms with Gasteiger partial charge in [0, 0.05) is 35.2 Å². The molecule has 1 unspecified atom stereocenters. The molecule has 2 aromatic heterocycles. The van der Waals surface area contributed by atoms with E-state index in [1.807, 2.05) is 24.3 Å². The Morgan fingerprint density at radius 1 is 1.03 bits per heavy atom. The van der Waals surface area contributed by atoms with Crippen LogP contribution in [0.25, 0.3) is 27.7 Å². The molecule has 149 valence electrons. The highest BCUT2D eigenvalue weighted by molar-refractivity contribution is 5.86. The number of aromatic nitrogens is 2. The summed E-state index contributed by atoms with van der Waals surface area (Å²) in [6, 6.07) is 15.5. The summed E-state index contributed by atoms with van der Waals surface area (Å²) in [4.78, 5) is 28.2. The highest BCUT2D eigenvalue weighted by atomic mass is 16.3. The van der Waals surface area contributed by atoms with E-state index in [2.05, 4.69) is 4.98 Å². The number of aromatic hydroxyl groups is 1. The third-order valence-corrected chi connectivity index (χ3v) is 4.91. The summed E-state index contributed by atoms with van der Waals surface area (Å²) >= 11 is 0. The van der Waals surface area contributed by atoms with Crippen molar-refractivity contribution in [2.24, 2.45) is 0 Å². The Labute approximate surface area is 171 Å². The quantitative estimate of drug-likeness (QED) is 0.534. The molecule has 0 spiro atoms. The van der Waals surface area contributed by atoms with E-state index >= 15 is 0 Å². The number of rotatable bonds is 5. The Balaban J connectivity index is 2.00. The average molecular weight is 400 g/mol. The predicted molar refractivity (Wildman–Crippen MR) is 112 cm³/mol. The lowest BCUT2D eigenvalue weighted by Gasteiger charge is -2.17. The van der Waals surface area contributed by atoms with Crippen molar-refractivity contribution in [2.45, 2.75) is 12.5 Å². The van der Waals surface area contributed by atoms with E-state index < -0.39 is 23.9 Å². The second-order valence-electron chi connectivity index (χ2n) is 6.91. The van der Waals surface area contributed by atoms with Crippen LogP contribution in [0, 0.1) is 0 Å². The van der Waals surface area contributed by atoms with Crippen molar-refractivity contribution >= 4 is 16.8 Å². The topological polar surface area (TPSA) is 116 Å². The van der Waals surface area contributed by atoms with Crippen LogP contribution in [-0.4, -0.2) is 25.7 Å². The number of aliphatic hydroxyl groups is 1. The first-order valence-electron chi connectivity index (χ1n) is 9.25. The molecule has 1 atom stereocenters. The number of hydrogen-bond donors (Lipinski definition) is 2. The minimum atomic E-state index is -1.38. The first-order valence-corrected chi connectivity index (χ1v) is 9.25. The number of amides is 1. The first-order chi connectivity index (χ1) is 14.4. The van der Waals surface area contributed by atoms with Crippen LogP contribution in [0.3, 0.4) is 0 Å². The number of benzene rings is 2. The number of nitrogens with one attached hydrogen (secondary N) is 1. The van der Waals surface area contributed by atoms with Crippen LogP contribution in [0.4, 0.5) is 0 Å². The zero-order valence-electron chi connectivity index (χ0n) is 15.8. The van der Waals surface area contributed by atoms with Gasteiger partial charge in [0.2, 0.25) is 5.91 Å². The van der Waals surface area contributed by atoms with Gasteiger partial charge in [-0.3, -0.25) is 20.3 Å². The molecule has 0 saturated heterocycles. The second kappa shape index (κ2) is 7.81. The number of carbonyl (C=O) groups is 1. The largest absolute Gasteiger partial charge is 0.508 e. The van der Waals surface area contributed by atoms with Gasteiger partial charge in [-0.25, -0.2) is 0 Å². The minimum Gasteiger partial charge on any atom is -0.508 e. The maximum atomic E-state index is 13.0. The third kappa shape index (κ3) is 3.66. The number of aliphatic hydroxyl groups excluding tert-OH is 1. The minimum absolute atomic E-state index is 0.0350. The summed E-state index contributed by atoms with van der Waals surface area (Å²) in [5.74, 6) is -0.854. The van der Waals surface area contributed by atoms with Gasteiger partial charge in [-0.1, -0.05) is 6.07 Å². The van der Waals surface area contributed by atoms with Crippen LogP contribution >= 0.6 is 0 Å². The van der Waals surface area contributed by atoms with E-state index in [1.54, 1.807) is 35.2 Å². The zero-order chi connectivity index (χ0) is 21.3. The Morgan fingerprint density at radius 3 is 2.40 bits per heavy atom. The van der Waals surface area contributed by atoms with E-state index in [9.17, 15) is 19.8 Å². The Bertz CT molecular complexity index is 1280. The molecular weight excluding hydrogens is 382 g/mol. The molecule has 4 aromatic rings. The van der Waals surface area contributed by atoms with E-state index in [1.165, 1.54) is 18.3 Å². The first kappa shape index (κ1) is 19.4.